The van der Waals surface area contributed by atoms with E-state index >= 15 is 0 Å². The Hall–Kier alpha value is -2.01. The molecule has 2 aromatic rings. The summed E-state index contributed by atoms with van der Waals surface area (Å²) < 4.78 is 25.6. The van der Waals surface area contributed by atoms with Crippen LogP contribution in [0.4, 0.5) is 11.4 Å². The number of rotatable bonds is 4. The Morgan fingerprint density at radius 1 is 1.08 bits per heavy atom. The third-order valence-electron chi connectivity index (χ3n) is 5.91. The van der Waals surface area contributed by atoms with Crippen LogP contribution in [-0.4, -0.2) is 27.8 Å². The Balaban J connectivity index is 1.52. The van der Waals surface area contributed by atoms with Gasteiger partial charge >= 0.3 is 0 Å². The number of nitrogens with zero attached hydrogens (tertiary/aromatic N) is 1. The SMILES string of the molecule is Cc1cccc(N2CC3C(C2)C3(C)c2cccc(NS(C)(=O)=O)c2)c1. The van der Waals surface area contributed by atoms with E-state index in [-0.39, 0.29) is 5.41 Å². The van der Waals surface area contributed by atoms with Gasteiger partial charge in [-0.05, 0) is 54.2 Å². The first-order chi connectivity index (χ1) is 11.8. The summed E-state index contributed by atoms with van der Waals surface area (Å²) in [4.78, 5) is 2.47. The molecule has 1 heterocycles. The summed E-state index contributed by atoms with van der Waals surface area (Å²) in [5, 5.41) is 0. The third kappa shape index (κ3) is 2.91. The van der Waals surface area contributed by atoms with Gasteiger partial charge in [-0.3, -0.25) is 4.72 Å². The van der Waals surface area contributed by atoms with Gasteiger partial charge in [-0.15, -0.1) is 0 Å². The average molecular weight is 356 g/mol. The fourth-order valence-corrected chi connectivity index (χ4v) is 5.03. The van der Waals surface area contributed by atoms with Gasteiger partial charge in [0.1, 0.15) is 0 Å². The van der Waals surface area contributed by atoms with Gasteiger partial charge < -0.3 is 4.90 Å². The second-order valence-corrected chi connectivity index (χ2v) is 9.44. The maximum atomic E-state index is 11.5. The van der Waals surface area contributed by atoms with E-state index in [4.69, 9.17) is 0 Å². The van der Waals surface area contributed by atoms with Gasteiger partial charge in [0.05, 0.1) is 6.26 Å². The molecule has 2 fully saturated rings. The molecule has 0 radical (unpaired) electrons. The highest BCUT2D eigenvalue weighted by molar-refractivity contribution is 7.92. The van der Waals surface area contributed by atoms with E-state index < -0.39 is 10.0 Å². The van der Waals surface area contributed by atoms with E-state index in [1.54, 1.807) is 0 Å². The number of benzene rings is 2. The maximum absolute atomic E-state index is 11.5. The first-order valence-electron chi connectivity index (χ1n) is 8.67. The lowest BCUT2D eigenvalue weighted by molar-refractivity contribution is 0.595. The molecule has 1 N–H and O–H groups in total. The molecular formula is C20H24N2O2S. The highest BCUT2D eigenvalue weighted by Gasteiger charge is 2.65. The first kappa shape index (κ1) is 16.5. The van der Waals surface area contributed by atoms with Crippen LogP contribution in [-0.2, 0) is 15.4 Å². The van der Waals surface area contributed by atoms with Crippen LogP contribution in [0.3, 0.4) is 0 Å². The van der Waals surface area contributed by atoms with E-state index in [1.165, 1.54) is 23.1 Å². The molecule has 2 atom stereocenters. The van der Waals surface area contributed by atoms with Crippen molar-refractivity contribution >= 4 is 21.4 Å². The lowest BCUT2D eigenvalue weighted by Crippen LogP contribution is -2.28. The summed E-state index contributed by atoms with van der Waals surface area (Å²) in [5.41, 5.74) is 4.64. The lowest BCUT2D eigenvalue weighted by Gasteiger charge is -2.27. The van der Waals surface area contributed by atoms with Crippen LogP contribution >= 0.6 is 0 Å². The van der Waals surface area contributed by atoms with E-state index in [0.717, 1.165) is 13.1 Å². The third-order valence-corrected chi connectivity index (χ3v) is 6.51. The Kier molecular flexibility index (Phi) is 3.62. The number of hydrogen-bond donors (Lipinski definition) is 1. The average Bonchev–Trinajstić information content (AvgIpc) is 2.92. The van der Waals surface area contributed by atoms with Gasteiger partial charge in [0.15, 0.2) is 0 Å². The topological polar surface area (TPSA) is 49.4 Å². The lowest BCUT2D eigenvalue weighted by atomic mass is 9.92. The van der Waals surface area contributed by atoms with Crippen molar-refractivity contribution in [1.82, 2.24) is 0 Å². The summed E-state index contributed by atoms with van der Waals surface area (Å²) in [6, 6.07) is 16.6. The van der Waals surface area contributed by atoms with Crippen LogP contribution in [0.1, 0.15) is 18.1 Å². The van der Waals surface area contributed by atoms with Crippen LogP contribution in [0.15, 0.2) is 48.5 Å². The molecule has 2 aliphatic rings. The van der Waals surface area contributed by atoms with Gasteiger partial charge in [-0.25, -0.2) is 8.42 Å². The zero-order chi connectivity index (χ0) is 17.8. The second kappa shape index (κ2) is 5.49. The molecule has 2 unspecified atom stereocenters. The van der Waals surface area contributed by atoms with Gasteiger partial charge in [0.2, 0.25) is 10.0 Å². The number of aryl methyl sites for hydroxylation is 1. The molecule has 132 valence electrons. The van der Waals surface area contributed by atoms with Gasteiger partial charge in [0.25, 0.3) is 0 Å². The number of fused-ring (bicyclic) bond motifs is 1. The molecule has 25 heavy (non-hydrogen) atoms. The Morgan fingerprint density at radius 2 is 1.76 bits per heavy atom. The summed E-state index contributed by atoms with van der Waals surface area (Å²) in [6.45, 7) is 6.57. The molecule has 2 aromatic carbocycles. The van der Waals surface area contributed by atoms with Crippen LogP contribution in [0, 0.1) is 18.8 Å². The second-order valence-electron chi connectivity index (χ2n) is 7.69. The molecule has 1 saturated carbocycles. The van der Waals surface area contributed by atoms with Crippen LogP contribution in [0.5, 0.6) is 0 Å². The number of anilines is 2. The van der Waals surface area contributed by atoms with Crippen molar-refractivity contribution in [3.63, 3.8) is 0 Å². The summed E-state index contributed by atoms with van der Waals surface area (Å²) in [7, 11) is -3.24. The monoisotopic (exact) mass is 356 g/mol. The van der Waals surface area contributed by atoms with Gasteiger partial charge in [0, 0.05) is 29.9 Å². The Bertz CT molecular complexity index is 911. The summed E-state index contributed by atoms with van der Waals surface area (Å²) >= 11 is 0. The van der Waals surface area contributed by atoms with Crippen LogP contribution in [0.2, 0.25) is 0 Å². The largest absolute Gasteiger partial charge is 0.371 e. The van der Waals surface area contributed by atoms with Crippen molar-refractivity contribution in [2.45, 2.75) is 19.3 Å². The van der Waals surface area contributed by atoms with Crippen LogP contribution < -0.4 is 9.62 Å². The molecule has 0 aromatic heterocycles. The maximum Gasteiger partial charge on any atom is 0.229 e. The highest BCUT2D eigenvalue weighted by Crippen LogP contribution is 2.63. The minimum atomic E-state index is -3.24. The molecule has 0 bridgehead atoms. The fourth-order valence-electron chi connectivity index (χ4n) is 4.48. The smallest absolute Gasteiger partial charge is 0.229 e. The minimum Gasteiger partial charge on any atom is -0.371 e. The van der Waals surface area contributed by atoms with E-state index in [0.29, 0.717) is 17.5 Å². The molecule has 1 aliphatic heterocycles. The fraction of sp³-hybridized carbons (Fsp3) is 0.400. The number of sulfonamides is 1. The zero-order valence-corrected chi connectivity index (χ0v) is 15.7. The van der Waals surface area contributed by atoms with E-state index in [9.17, 15) is 8.42 Å². The predicted octanol–water partition coefficient (Wildman–Crippen LogP) is 3.39. The van der Waals surface area contributed by atoms with Crippen molar-refractivity contribution in [3.05, 3.63) is 59.7 Å². The Labute approximate surface area is 149 Å². The van der Waals surface area contributed by atoms with E-state index in [1.807, 2.05) is 18.2 Å². The van der Waals surface area contributed by atoms with Crippen molar-refractivity contribution in [1.29, 1.82) is 0 Å². The number of piperidine rings is 1. The van der Waals surface area contributed by atoms with E-state index in [2.05, 4.69) is 53.8 Å². The molecule has 1 saturated heterocycles. The quantitative estimate of drug-likeness (QED) is 0.913. The van der Waals surface area contributed by atoms with Crippen molar-refractivity contribution < 1.29 is 8.42 Å². The number of hydrogen-bond acceptors (Lipinski definition) is 3. The molecule has 4 rings (SSSR count). The summed E-state index contributed by atoms with van der Waals surface area (Å²) in [5.74, 6) is 1.25. The van der Waals surface area contributed by atoms with Gasteiger partial charge in [-0.2, -0.15) is 0 Å². The van der Waals surface area contributed by atoms with Crippen LogP contribution in [0.25, 0.3) is 0 Å². The molecule has 0 amide bonds. The van der Waals surface area contributed by atoms with Crippen molar-refractivity contribution in [2.24, 2.45) is 11.8 Å². The van der Waals surface area contributed by atoms with Gasteiger partial charge in [-0.1, -0.05) is 31.2 Å². The molecule has 5 heteroatoms. The standard InChI is InChI=1S/C20H24N2O2S/c1-14-6-4-9-17(10-14)22-12-18-19(13-22)20(18,2)15-7-5-8-16(11-15)21-25(3,23)24/h4-11,18-19,21H,12-13H2,1-3H3. The molecule has 0 spiro atoms. The molecule has 4 nitrogen and oxygen atoms in total. The zero-order valence-electron chi connectivity index (χ0n) is 14.9. The molecule has 1 aliphatic carbocycles. The first-order valence-corrected chi connectivity index (χ1v) is 10.6. The number of nitrogens with one attached hydrogen (secondary N) is 1. The normalized spacial score (nSPS) is 27.9. The highest BCUT2D eigenvalue weighted by atomic mass is 32.2. The Morgan fingerprint density at radius 3 is 2.40 bits per heavy atom. The minimum absolute atomic E-state index is 0.148. The predicted molar refractivity (Wildman–Crippen MR) is 103 cm³/mol. The summed E-state index contributed by atoms with van der Waals surface area (Å²) in [6.07, 6.45) is 1.19. The molecular weight excluding hydrogens is 332 g/mol. The van der Waals surface area contributed by atoms with Crippen molar-refractivity contribution in [3.8, 4) is 0 Å². The van der Waals surface area contributed by atoms with Crippen molar-refractivity contribution in [2.75, 3.05) is 29.0 Å².